The van der Waals surface area contributed by atoms with Crippen LogP contribution in [0.25, 0.3) is 0 Å². The SMILES string of the molecule is CC(N)(CCCCN1CCC(C(C)(C)C)C1)C(=O)O. The molecule has 1 fully saturated rings. The highest BCUT2D eigenvalue weighted by molar-refractivity contribution is 5.77. The minimum atomic E-state index is -1.07. The predicted octanol–water partition coefficient (Wildman–Crippen LogP) is 2.33. The first-order valence-electron chi connectivity index (χ1n) is 7.37. The molecule has 1 saturated heterocycles. The zero-order valence-corrected chi connectivity index (χ0v) is 12.9. The highest BCUT2D eigenvalue weighted by Gasteiger charge is 2.31. The molecule has 3 N–H and O–H groups in total. The topological polar surface area (TPSA) is 66.6 Å². The molecule has 0 bridgehead atoms. The molecule has 19 heavy (non-hydrogen) atoms. The fourth-order valence-electron chi connectivity index (χ4n) is 2.68. The number of aliphatic carboxylic acids is 1. The molecule has 0 spiro atoms. The number of hydrogen-bond acceptors (Lipinski definition) is 3. The van der Waals surface area contributed by atoms with E-state index in [1.165, 1.54) is 19.5 Å². The van der Waals surface area contributed by atoms with Gasteiger partial charge in [-0.1, -0.05) is 20.8 Å². The van der Waals surface area contributed by atoms with Crippen molar-refractivity contribution in [2.24, 2.45) is 17.1 Å². The van der Waals surface area contributed by atoms with E-state index in [-0.39, 0.29) is 0 Å². The highest BCUT2D eigenvalue weighted by atomic mass is 16.4. The van der Waals surface area contributed by atoms with E-state index in [9.17, 15) is 4.79 Å². The van der Waals surface area contributed by atoms with E-state index in [1.807, 2.05) is 0 Å². The average Bonchev–Trinajstić information content (AvgIpc) is 2.72. The van der Waals surface area contributed by atoms with Crippen LogP contribution < -0.4 is 5.73 Å². The van der Waals surface area contributed by atoms with Gasteiger partial charge in [-0.2, -0.15) is 0 Å². The Bertz CT molecular complexity index is 308. The van der Waals surface area contributed by atoms with Crippen LogP contribution in [0.15, 0.2) is 0 Å². The molecule has 0 aromatic carbocycles. The van der Waals surface area contributed by atoms with Gasteiger partial charge in [-0.25, -0.2) is 0 Å². The average molecular weight is 270 g/mol. The summed E-state index contributed by atoms with van der Waals surface area (Å²) in [5, 5.41) is 8.94. The molecule has 4 heteroatoms. The van der Waals surface area contributed by atoms with Gasteiger partial charge in [0.25, 0.3) is 0 Å². The van der Waals surface area contributed by atoms with Crippen molar-refractivity contribution in [3.63, 3.8) is 0 Å². The molecule has 0 aromatic heterocycles. The summed E-state index contributed by atoms with van der Waals surface area (Å²) in [4.78, 5) is 13.4. The molecule has 4 nitrogen and oxygen atoms in total. The Hall–Kier alpha value is -0.610. The van der Waals surface area contributed by atoms with Crippen molar-refractivity contribution in [3.05, 3.63) is 0 Å². The van der Waals surface area contributed by atoms with Crippen LogP contribution in [0.1, 0.15) is 53.4 Å². The summed E-state index contributed by atoms with van der Waals surface area (Å²) < 4.78 is 0. The highest BCUT2D eigenvalue weighted by Crippen LogP contribution is 2.33. The third-order valence-corrected chi connectivity index (χ3v) is 4.41. The lowest BCUT2D eigenvalue weighted by Crippen LogP contribution is -2.44. The second-order valence-corrected chi connectivity index (χ2v) is 7.33. The molecule has 2 unspecified atom stereocenters. The van der Waals surface area contributed by atoms with E-state index in [1.54, 1.807) is 6.92 Å². The molecule has 112 valence electrons. The number of nitrogens with zero attached hydrogens (tertiary/aromatic N) is 1. The van der Waals surface area contributed by atoms with Crippen molar-refractivity contribution in [1.29, 1.82) is 0 Å². The summed E-state index contributed by atoms with van der Waals surface area (Å²) in [6.45, 7) is 12.0. The lowest BCUT2D eigenvalue weighted by molar-refractivity contribution is -0.142. The van der Waals surface area contributed by atoms with Gasteiger partial charge >= 0.3 is 5.97 Å². The number of carbonyl (C=O) groups is 1. The maximum atomic E-state index is 10.9. The van der Waals surface area contributed by atoms with Gasteiger partial charge in [-0.15, -0.1) is 0 Å². The molecular weight excluding hydrogens is 240 g/mol. The number of likely N-dealkylation sites (tertiary alicyclic amines) is 1. The fourth-order valence-corrected chi connectivity index (χ4v) is 2.68. The van der Waals surface area contributed by atoms with E-state index in [2.05, 4.69) is 25.7 Å². The minimum absolute atomic E-state index is 0.397. The Kier molecular flexibility index (Phi) is 5.39. The normalized spacial score (nSPS) is 24.4. The lowest BCUT2D eigenvalue weighted by atomic mass is 9.80. The molecule has 1 rings (SSSR count). The molecule has 1 heterocycles. The summed E-state index contributed by atoms with van der Waals surface area (Å²) in [5.41, 5.74) is 5.05. The van der Waals surface area contributed by atoms with E-state index in [4.69, 9.17) is 10.8 Å². The number of unbranched alkanes of at least 4 members (excludes halogenated alkanes) is 1. The van der Waals surface area contributed by atoms with Crippen LogP contribution in [0.2, 0.25) is 0 Å². The largest absolute Gasteiger partial charge is 0.480 e. The Morgan fingerprint density at radius 3 is 2.42 bits per heavy atom. The molecule has 0 saturated carbocycles. The zero-order valence-electron chi connectivity index (χ0n) is 12.9. The van der Waals surface area contributed by atoms with Crippen molar-refractivity contribution < 1.29 is 9.90 Å². The quantitative estimate of drug-likeness (QED) is 0.727. The number of carboxylic acid groups (broad SMARTS) is 1. The summed E-state index contributed by atoms with van der Waals surface area (Å²) in [7, 11) is 0. The van der Waals surface area contributed by atoms with Gasteiger partial charge < -0.3 is 15.7 Å². The van der Waals surface area contributed by atoms with Gasteiger partial charge in [0.15, 0.2) is 0 Å². The Labute approximate surface area is 117 Å². The molecule has 0 radical (unpaired) electrons. The molecule has 0 aliphatic carbocycles. The van der Waals surface area contributed by atoms with Crippen LogP contribution in [0, 0.1) is 11.3 Å². The molecule has 1 aliphatic rings. The van der Waals surface area contributed by atoms with Crippen LogP contribution in [0.5, 0.6) is 0 Å². The third kappa shape index (κ3) is 5.11. The van der Waals surface area contributed by atoms with Crippen LogP contribution in [-0.4, -0.2) is 41.1 Å². The van der Waals surface area contributed by atoms with Gasteiger partial charge in [-0.3, -0.25) is 4.79 Å². The van der Waals surface area contributed by atoms with Crippen LogP contribution in [0.4, 0.5) is 0 Å². The first-order chi connectivity index (χ1) is 8.63. The van der Waals surface area contributed by atoms with Crippen molar-refractivity contribution in [2.75, 3.05) is 19.6 Å². The Morgan fingerprint density at radius 2 is 1.95 bits per heavy atom. The molecule has 0 amide bonds. The van der Waals surface area contributed by atoms with E-state index in [0.717, 1.165) is 25.3 Å². The van der Waals surface area contributed by atoms with Gasteiger partial charge in [0.1, 0.15) is 5.54 Å². The van der Waals surface area contributed by atoms with Crippen molar-refractivity contribution in [2.45, 2.75) is 58.9 Å². The first kappa shape index (κ1) is 16.4. The number of hydrogen-bond donors (Lipinski definition) is 2. The van der Waals surface area contributed by atoms with Crippen molar-refractivity contribution in [1.82, 2.24) is 4.90 Å². The number of nitrogens with two attached hydrogens (primary N) is 1. The third-order valence-electron chi connectivity index (χ3n) is 4.41. The van der Waals surface area contributed by atoms with Gasteiger partial charge in [-0.05, 0) is 57.0 Å². The first-order valence-corrected chi connectivity index (χ1v) is 7.37. The predicted molar refractivity (Wildman–Crippen MR) is 78.1 cm³/mol. The van der Waals surface area contributed by atoms with E-state index in [0.29, 0.717) is 11.8 Å². The second-order valence-electron chi connectivity index (χ2n) is 7.33. The molecular formula is C15H30N2O2. The summed E-state index contributed by atoms with van der Waals surface area (Å²) in [6.07, 6.45) is 3.76. The van der Waals surface area contributed by atoms with Crippen LogP contribution in [0.3, 0.4) is 0 Å². The van der Waals surface area contributed by atoms with Crippen LogP contribution >= 0.6 is 0 Å². The monoisotopic (exact) mass is 270 g/mol. The number of carboxylic acids is 1. The van der Waals surface area contributed by atoms with E-state index < -0.39 is 11.5 Å². The smallest absolute Gasteiger partial charge is 0.323 e. The van der Waals surface area contributed by atoms with E-state index >= 15 is 0 Å². The molecule has 2 atom stereocenters. The van der Waals surface area contributed by atoms with Crippen molar-refractivity contribution in [3.8, 4) is 0 Å². The van der Waals surface area contributed by atoms with Gasteiger partial charge in [0.2, 0.25) is 0 Å². The minimum Gasteiger partial charge on any atom is -0.480 e. The zero-order chi connectivity index (χ0) is 14.7. The summed E-state index contributed by atoms with van der Waals surface area (Å²) >= 11 is 0. The molecule has 0 aromatic rings. The van der Waals surface area contributed by atoms with Gasteiger partial charge in [0.05, 0.1) is 0 Å². The second kappa shape index (κ2) is 6.23. The van der Waals surface area contributed by atoms with Gasteiger partial charge in [0, 0.05) is 6.54 Å². The Balaban J connectivity index is 2.20. The lowest BCUT2D eigenvalue weighted by Gasteiger charge is -2.27. The van der Waals surface area contributed by atoms with Crippen molar-refractivity contribution >= 4 is 5.97 Å². The summed E-state index contributed by atoms with van der Waals surface area (Å²) in [5.74, 6) is -0.118. The molecule has 1 aliphatic heterocycles. The van der Waals surface area contributed by atoms with Crippen LogP contribution in [-0.2, 0) is 4.79 Å². The maximum absolute atomic E-state index is 10.9. The maximum Gasteiger partial charge on any atom is 0.323 e. The standard InChI is InChI=1S/C15H30N2O2/c1-14(2,3)12-7-10-17(11-12)9-6-5-8-15(4,16)13(18)19/h12H,5-11,16H2,1-4H3,(H,18,19). The summed E-state index contributed by atoms with van der Waals surface area (Å²) in [6, 6.07) is 0. The number of rotatable bonds is 6. The Morgan fingerprint density at radius 1 is 1.32 bits per heavy atom. The fraction of sp³-hybridized carbons (Fsp3) is 0.933.